The van der Waals surface area contributed by atoms with Gasteiger partial charge in [0.25, 0.3) is 0 Å². The molecule has 3 nitrogen and oxygen atoms in total. The van der Waals surface area contributed by atoms with E-state index in [9.17, 15) is 14.7 Å². The van der Waals surface area contributed by atoms with Crippen molar-refractivity contribution in [1.82, 2.24) is 0 Å². The first-order valence-corrected chi connectivity index (χ1v) is 11.8. The van der Waals surface area contributed by atoms with Crippen LogP contribution in [0.15, 0.2) is 11.6 Å². The highest BCUT2D eigenvalue weighted by Crippen LogP contribution is 2.72. The molecule has 4 rings (SSSR count). The lowest BCUT2D eigenvalue weighted by Crippen LogP contribution is -2.66. The molecule has 4 aliphatic carbocycles. The summed E-state index contributed by atoms with van der Waals surface area (Å²) in [4.78, 5) is 24.5. The molecule has 8 atom stereocenters. The number of aliphatic hydroxyl groups is 1. The number of aliphatic hydroxyl groups excluding tert-OH is 1. The Hall–Kier alpha value is -0.960. The highest BCUT2D eigenvalue weighted by molar-refractivity contribution is 5.97. The van der Waals surface area contributed by atoms with Crippen molar-refractivity contribution >= 4 is 12.1 Å². The molecule has 3 saturated carbocycles. The predicted octanol–water partition coefficient (Wildman–Crippen LogP) is 5.36. The number of rotatable bonds is 2. The minimum Gasteiger partial charge on any atom is -0.393 e. The van der Waals surface area contributed by atoms with Gasteiger partial charge in [-0.25, -0.2) is 0 Å². The summed E-state index contributed by atoms with van der Waals surface area (Å²) < 4.78 is 0. The van der Waals surface area contributed by atoms with Crippen molar-refractivity contribution in [2.75, 3.05) is 0 Å². The van der Waals surface area contributed by atoms with E-state index in [-0.39, 0.29) is 22.5 Å². The summed E-state index contributed by atoms with van der Waals surface area (Å²) in [6.45, 7) is 13.5. The van der Waals surface area contributed by atoms with Gasteiger partial charge in [-0.2, -0.15) is 0 Å². The molecule has 0 heterocycles. The normalized spacial score (nSPS) is 51.1. The van der Waals surface area contributed by atoms with Gasteiger partial charge in [0.15, 0.2) is 5.78 Å². The molecule has 0 aromatic carbocycles. The molecule has 0 amide bonds. The van der Waals surface area contributed by atoms with Gasteiger partial charge >= 0.3 is 0 Å². The summed E-state index contributed by atoms with van der Waals surface area (Å²) in [7, 11) is 0. The molecule has 0 saturated heterocycles. The van der Waals surface area contributed by atoms with Crippen molar-refractivity contribution in [3.8, 4) is 0 Å². The van der Waals surface area contributed by atoms with Crippen LogP contribution in [0.3, 0.4) is 0 Å². The van der Waals surface area contributed by atoms with E-state index in [1.807, 2.05) is 6.08 Å². The molecule has 0 unspecified atom stereocenters. The second-order valence-corrected chi connectivity index (χ2v) is 12.2. The summed E-state index contributed by atoms with van der Waals surface area (Å²) in [5, 5.41) is 11.6. The third-order valence-electron chi connectivity index (χ3n) is 10.7. The number of aldehydes is 1. The lowest BCUT2D eigenvalue weighted by molar-refractivity contribution is -0.231. The van der Waals surface area contributed by atoms with Crippen LogP contribution in [0.5, 0.6) is 0 Å². The molecule has 4 aliphatic rings. The molecule has 0 aromatic heterocycles. The van der Waals surface area contributed by atoms with Crippen LogP contribution in [-0.2, 0) is 9.59 Å². The van der Waals surface area contributed by atoms with Crippen molar-refractivity contribution in [3.63, 3.8) is 0 Å². The molecule has 0 spiro atoms. The largest absolute Gasteiger partial charge is 0.393 e. The van der Waals surface area contributed by atoms with Gasteiger partial charge in [0, 0.05) is 11.0 Å². The minimum absolute atomic E-state index is 0.0223. The smallest absolute Gasteiger partial charge is 0.156 e. The van der Waals surface area contributed by atoms with E-state index >= 15 is 0 Å². The van der Waals surface area contributed by atoms with Crippen LogP contribution in [0.25, 0.3) is 0 Å². The summed E-state index contributed by atoms with van der Waals surface area (Å²) in [5.41, 5.74) is 0.791. The van der Waals surface area contributed by atoms with Crippen LogP contribution < -0.4 is 0 Å². The number of Topliss-reactive ketones (excluding diaryl/α,β-unsaturated/α-hetero) is 1. The summed E-state index contributed by atoms with van der Waals surface area (Å²) in [6.07, 6.45) is 10.3. The summed E-state index contributed by atoms with van der Waals surface area (Å²) in [5.74, 6) is 0.906. The summed E-state index contributed by atoms with van der Waals surface area (Å²) in [6, 6.07) is 0. The highest BCUT2D eigenvalue weighted by Gasteiger charge is 2.68. The first-order valence-electron chi connectivity index (χ1n) is 11.8. The first-order chi connectivity index (χ1) is 13.4. The molecule has 0 bridgehead atoms. The van der Waals surface area contributed by atoms with E-state index in [0.29, 0.717) is 22.8 Å². The Balaban J connectivity index is 1.81. The molecular formula is C26H40O3. The van der Waals surface area contributed by atoms with Gasteiger partial charge in [0.1, 0.15) is 6.29 Å². The van der Waals surface area contributed by atoms with Crippen molar-refractivity contribution in [2.45, 2.75) is 92.6 Å². The van der Waals surface area contributed by atoms with Crippen LogP contribution >= 0.6 is 0 Å². The number of hydrogen-bond acceptors (Lipinski definition) is 3. The fraction of sp³-hybridized carbons (Fsp3) is 0.846. The maximum Gasteiger partial charge on any atom is 0.156 e. The molecule has 0 radical (unpaired) electrons. The van der Waals surface area contributed by atoms with Gasteiger partial charge in [-0.3, -0.25) is 4.79 Å². The lowest BCUT2D eigenvalue weighted by Gasteiger charge is -2.70. The van der Waals surface area contributed by atoms with Gasteiger partial charge in [0.05, 0.1) is 12.0 Å². The first kappa shape index (κ1) is 21.3. The predicted molar refractivity (Wildman–Crippen MR) is 115 cm³/mol. The number of carbonyl (C=O) groups is 2. The van der Waals surface area contributed by atoms with E-state index in [4.69, 9.17) is 0 Å². The maximum absolute atomic E-state index is 12.3. The van der Waals surface area contributed by atoms with E-state index in [0.717, 1.165) is 19.1 Å². The van der Waals surface area contributed by atoms with Gasteiger partial charge in [-0.15, -0.1) is 0 Å². The van der Waals surface area contributed by atoms with Crippen LogP contribution in [0, 0.1) is 45.3 Å². The number of carbonyl (C=O) groups excluding carboxylic acids is 2. The zero-order chi connectivity index (χ0) is 21.4. The van der Waals surface area contributed by atoms with Gasteiger partial charge in [-0.1, -0.05) is 47.1 Å². The second kappa shape index (κ2) is 6.52. The third-order valence-corrected chi connectivity index (χ3v) is 10.7. The molecule has 1 N–H and O–H groups in total. The Bertz CT molecular complexity index is 751. The number of ketones is 1. The minimum atomic E-state index is -0.546. The number of fused-ring (bicyclic) bond motifs is 5. The Morgan fingerprint density at radius 2 is 1.69 bits per heavy atom. The molecular weight excluding hydrogens is 360 g/mol. The highest BCUT2D eigenvalue weighted by atomic mass is 16.3. The lowest BCUT2D eigenvalue weighted by atomic mass is 9.34. The van der Waals surface area contributed by atoms with Crippen LogP contribution in [0.4, 0.5) is 0 Å². The van der Waals surface area contributed by atoms with Crippen molar-refractivity contribution in [3.05, 3.63) is 11.6 Å². The van der Waals surface area contributed by atoms with E-state index in [1.165, 1.54) is 32.1 Å². The monoisotopic (exact) mass is 400 g/mol. The van der Waals surface area contributed by atoms with Gasteiger partial charge < -0.3 is 9.90 Å². The molecule has 3 heteroatoms. The Kier molecular flexibility index (Phi) is 4.78. The van der Waals surface area contributed by atoms with Gasteiger partial charge in [-0.05, 0) is 79.4 Å². The molecule has 29 heavy (non-hydrogen) atoms. The molecule has 0 aliphatic heterocycles. The standard InChI is InChI=1S/C26H40O3/c1-16(28)17-8-9-20-25(5)13-10-19-23(2,3)11-7-12-24(19,4)21(25)14-22(29)26(20,6)18(17)15-27/h8,15,18-22,29H,7,9-14H2,1-6H3/t18-,19-,20-,21+,22+,24-,25-,26+/m0/s1. The number of hydrogen-bond donors (Lipinski definition) is 1. The van der Waals surface area contributed by atoms with Crippen molar-refractivity contribution in [2.24, 2.45) is 45.3 Å². The third kappa shape index (κ3) is 2.65. The maximum atomic E-state index is 12.3. The quantitative estimate of drug-likeness (QED) is 0.635. The Morgan fingerprint density at radius 3 is 2.31 bits per heavy atom. The SMILES string of the molecule is CC(=O)C1=CC[C@H]2[C@]3(C)CC[C@H]4C(C)(C)CCC[C@]4(C)[C@H]3C[C@@H](O)[C@]2(C)[C@H]1C=O. The average molecular weight is 401 g/mol. The van der Waals surface area contributed by atoms with Crippen LogP contribution in [-0.4, -0.2) is 23.3 Å². The zero-order valence-electron chi connectivity index (χ0n) is 19.3. The topological polar surface area (TPSA) is 54.4 Å². The molecule has 0 aromatic rings. The average Bonchev–Trinajstić information content (AvgIpc) is 2.62. The second-order valence-electron chi connectivity index (χ2n) is 12.2. The zero-order valence-corrected chi connectivity index (χ0v) is 19.3. The van der Waals surface area contributed by atoms with Crippen molar-refractivity contribution < 1.29 is 14.7 Å². The van der Waals surface area contributed by atoms with E-state index in [2.05, 4.69) is 34.6 Å². The van der Waals surface area contributed by atoms with Crippen LogP contribution in [0.2, 0.25) is 0 Å². The van der Waals surface area contributed by atoms with Crippen molar-refractivity contribution in [1.29, 1.82) is 0 Å². The Labute approximate surface area is 176 Å². The molecule has 3 fully saturated rings. The van der Waals surface area contributed by atoms with E-state index in [1.54, 1.807) is 6.92 Å². The van der Waals surface area contributed by atoms with Gasteiger partial charge in [0.2, 0.25) is 0 Å². The molecule has 162 valence electrons. The Morgan fingerprint density at radius 1 is 1.03 bits per heavy atom. The fourth-order valence-electron chi connectivity index (χ4n) is 9.30. The van der Waals surface area contributed by atoms with E-state index < -0.39 is 17.4 Å². The summed E-state index contributed by atoms with van der Waals surface area (Å²) >= 11 is 0. The van der Waals surface area contributed by atoms with Crippen LogP contribution in [0.1, 0.15) is 86.5 Å². The fourth-order valence-corrected chi connectivity index (χ4v) is 9.30. The number of allylic oxidation sites excluding steroid dienone is 2.